The van der Waals surface area contributed by atoms with Gasteiger partial charge in [0, 0.05) is 6.61 Å². The Kier molecular flexibility index (Phi) is 21.2. The van der Waals surface area contributed by atoms with Crippen molar-refractivity contribution < 1.29 is 19.0 Å². The highest BCUT2D eigenvalue weighted by molar-refractivity contribution is 5.91. The van der Waals surface area contributed by atoms with Crippen LogP contribution in [0.5, 0.6) is 11.5 Å². The Hall–Kier alpha value is -3.11. The van der Waals surface area contributed by atoms with Crippen LogP contribution in [0.1, 0.15) is 171 Å². The normalized spacial score (nSPS) is 11.8. The molecule has 0 aliphatic rings. The standard InChI is InChI=1S/C45H66O4/c1-4-6-8-10-11-12-13-14-15-16-17-18-19-20-21-23-36-47-38(3)39-24-26-42(27-25-39)45(46)49-44-34-30-41(31-35-44)40-28-32-43(33-29-40)48-37-22-9-7-5-2/h24-35,38H,4-23,36-37H2,1-3H3. The second kappa shape index (κ2) is 25.8. The van der Waals surface area contributed by atoms with Crippen LogP contribution in [0, 0.1) is 0 Å². The van der Waals surface area contributed by atoms with Crippen LogP contribution in [-0.4, -0.2) is 19.2 Å². The third-order valence-electron chi connectivity index (χ3n) is 9.50. The average molecular weight is 671 g/mol. The van der Waals surface area contributed by atoms with E-state index in [2.05, 4.69) is 32.9 Å². The van der Waals surface area contributed by atoms with Gasteiger partial charge in [-0.05, 0) is 72.9 Å². The van der Waals surface area contributed by atoms with Gasteiger partial charge in [-0.25, -0.2) is 4.79 Å². The highest BCUT2D eigenvalue weighted by Gasteiger charge is 2.12. The van der Waals surface area contributed by atoms with Gasteiger partial charge in [0.2, 0.25) is 0 Å². The van der Waals surface area contributed by atoms with Crippen LogP contribution >= 0.6 is 0 Å². The Morgan fingerprint density at radius 2 is 0.898 bits per heavy atom. The van der Waals surface area contributed by atoms with Gasteiger partial charge < -0.3 is 14.2 Å². The van der Waals surface area contributed by atoms with E-state index in [1.807, 2.05) is 60.7 Å². The van der Waals surface area contributed by atoms with Gasteiger partial charge in [-0.15, -0.1) is 0 Å². The van der Waals surface area contributed by atoms with Crippen molar-refractivity contribution in [2.24, 2.45) is 0 Å². The Balaban J connectivity index is 1.24. The van der Waals surface area contributed by atoms with Gasteiger partial charge in [0.25, 0.3) is 0 Å². The van der Waals surface area contributed by atoms with Gasteiger partial charge >= 0.3 is 5.97 Å². The largest absolute Gasteiger partial charge is 0.494 e. The number of esters is 1. The van der Waals surface area contributed by atoms with Crippen LogP contribution in [0.2, 0.25) is 0 Å². The third-order valence-corrected chi connectivity index (χ3v) is 9.50. The molecule has 0 bridgehead atoms. The van der Waals surface area contributed by atoms with Gasteiger partial charge in [-0.2, -0.15) is 0 Å². The molecule has 0 aromatic heterocycles. The zero-order valence-electron chi connectivity index (χ0n) is 31.2. The molecule has 49 heavy (non-hydrogen) atoms. The second-order valence-electron chi connectivity index (χ2n) is 13.8. The molecule has 3 aromatic carbocycles. The highest BCUT2D eigenvalue weighted by Crippen LogP contribution is 2.26. The SMILES string of the molecule is CCCCCCCCCCCCCCCCCCOC(C)c1ccc(C(=O)Oc2ccc(-c3ccc(OCCCCCC)cc3)cc2)cc1. The predicted octanol–water partition coefficient (Wildman–Crippen LogP) is 13.9. The first-order chi connectivity index (χ1) is 24.1. The summed E-state index contributed by atoms with van der Waals surface area (Å²) in [4.78, 5) is 12.8. The van der Waals surface area contributed by atoms with E-state index in [1.165, 1.54) is 116 Å². The minimum atomic E-state index is -0.360. The fourth-order valence-electron chi connectivity index (χ4n) is 6.24. The summed E-state index contributed by atoms with van der Waals surface area (Å²) in [6, 6.07) is 23.4. The molecule has 1 atom stereocenters. The molecule has 0 heterocycles. The summed E-state index contributed by atoms with van der Waals surface area (Å²) in [7, 11) is 0. The lowest BCUT2D eigenvalue weighted by Crippen LogP contribution is -2.09. The molecule has 0 fully saturated rings. The molecule has 0 spiro atoms. The smallest absolute Gasteiger partial charge is 0.343 e. The number of unbranched alkanes of at least 4 members (excludes halogenated alkanes) is 18. The number of hydrogen-bond donors (Lipinski definition) is 0. The lowest BCUT2D eigenvalue weighted by atomic mass is 10.0. The van der Waals surface area contributed by atoms with E-state index >= 15 is 0 Å². The van der Waals surface area contributed by atoms with E-state index < -0.39 is 0 Å². The summed E-state index contributed by atoms with van der Waals surface area (Å²) < 4.78 is 17.6. The Bertz CT molecular complexity index is 1230. The first-order valence-electron chi connectivity index (χ1n) is 19.9. The minimum Gasteiger partial charge on any atom is -0.494 e. The van der Waals surface area contributed by atoms with Gasteiger partial charge in [0.1, 0.15) is 11.5 Å². The van der Waals surface area contributed by atoms with Crippen LogP contribution in [0.25, 0.3) is 11.1 Å². The van der Waals surface area contributed by atoms with Crippen molar-refractivity contribution in [1.82, 2.24) is 0 Å². The number of carbonyl (C=O) groups is 1. The van der Waals surface area contributed by atoms with Crippen LogP contribution in [0.3, 0.4) is 0 Å². The number of hydrogen-bond acceptors (Lipinski definition) is 4. The molecule has 270 valence electrons. The Morgan fingerprint density at radius 1 is 0.490 bits per heavy atom. The zero-order chi connectivity index (χ0) is 34.8. The van der Waals surface area contributed by atoms with Crippen LogP contribution in [-0.2, 0) is 4.74 Å². The lowest BCUT2D eigenvalue weighted by molar-refractivity contribution is 0.0626. The van der Waals surface area contributed by atoms with Gasteiger partial charge in [0.05, 0.1) is 18.3 Å². The summed E-state index contributed by atoms with van der Waals surface area (Å²) in [5.74, 6) is 1.06. The molecule has 0 aliphatic carbocycles. The molecular weight excluding hydrogens is 604 g/mol. The molecular formula is C45H66O4. The van der Waals surface area contributed by atoms with Crippen molar-refractivity contribution >= 4 is 5.97 Å². The predicted molar refractivity (Wildman–Crippen MR) is 207 cm³/mol. The van der Waals surface area contributed by atoms with E-state index in [-0.39, 0.29) is 12.1 Å². The Labute approximate surface area is 299 Å². The van der Waals surface area contributed by atoms with Crippen molar-refractivity contribution in [3.63, 3.8) is 0 Å². The lowest BCUT2D eigenvalue weighted by Gasteiger charge is -2.14. The zero-order valence-corrected chi connectivity index (χ0v) is 31.2. The van der Waals surface area contributed by atoms with Crippen LogP contribution < -0.4 is 9.47 Å². The maximum absolute atomic E-state index is 12.8. The van der Waals surface area contributed by atoms with Crippen molar-refractivity contribution in [1.29, 1.82) is 0 Å². The fourth-order valence-corrected chi connectivity index (χ4v) is 6.24. The quantitative estimate of drug-likeness (QED) is 0.0438. The van der Waals surface area contributed by atoms with Crippen molar-refractivity contribution in [3.8, 4) is 22.6 Å². The van der Waals surface area contributed by atoms with Gasteiger partial charge in [-0.1, -0.05) is 166 Å². The third kappa shape index (κ3) is 17.4. The van der Waals surface area contributed by atoms with E-state index in [4.69, 9.17) is 14.2 Å². The van der Waals surface area contributed by atoms with Crippen LogP contribution in [0.4, 0.5) is 0 Å². The highest BCUT2D eigenvalue weighted by atomic mass is 16.5. The molecule has 0 aliphatic heterocycles. The molecule has 3 rings (SSSR count). The summed E-state index contributed by atoms with van der Waals surface area (Å²) >= 11 is 0. The average Bonchev–Trinajstić information content (AvgIpc) is 3.13. The van der Waals surface area contributed by atoms with Gasteiger partial charge in [-0.3, -0.25) is 0 Å². The number of benzene rings is 3. The Morgan fingerprint density at radius 3 is 1.39 bits per heavy atom. The molecule has 0 amide bonds. The number of rotatable bonds is 28. The molecule has 0 saturated heterocycles. The fraction of sp³-hybridized carbons (Fsp3) is 0.578. The van der Waals surface area contributed by atoms with Gasteiger partial charge in [0.15, 0.2) is 0 Å². The maximum atomic E-state index is 12.8. The van der Waals surface area contributed by atoms with Crippen molar-refractivity contribution in [2.75, 3.05) is 13.2 Å². The number of ether oxygens (including phenoxy) is 3. The molecule has 3 aromatic rings. The monoisotopic (exact) mass is 670 g/mol. The first kappa shape index (κ1) is 40.3. The van der Waals surface area contributed by atoms with E-state index in [0.717, 1.165) is 48.5 Å². The van der Waals surface area contributed by atoms with E-state index in [0.29, 0.717) is 11.3 Å². The maximum Gasteiger partial charge on any atom is 0.343 e. The second-order valence-corrected chi connectivity index (χ2v) is 13.8. The first-order valence-corrected chi connectivity index (χ1v) is 19.9. The summed E-state index contributed by atoms with van der Waals surface area (Å²) in [6.07, 6.45) is 26.7. The van der Waals surface area contributed by atoms with E-state index in [9.17, 15) is 4.79 Å². The molecule has 0 N–H and O–H groups in total. The van der Waals surface area contributed by atoms with Crippen molar-refractivity contribution in [2.45, 2.75) is 155 Å². The topological polar surface area (TPSA) is 44.8 Å². The van der Waals surface area contributed by atoms with Crippen molar-refractivity contribution in [3.05, 3.63) is 83.9 Å². The molecule has 0 radical (unpaired) electrons. The van der Waals surface area contributed by atoms with Crippen LogP contribution in [0.15, 0.2) is 72.8 Å². The summed E-state index contributed by atoms with van der Waals surface area (Å²) in [5.41, 5.74) is 3.76. The summed E-state index contributed by atoms with van der Waals surface area (Å²) in [6.45, 7) is 8.12. The minimum absolute atomic E-state index is 0.000350. The van der Waals surface area contributed by atoms with E-state index in [1.54, 1.807) is 0 Å². The molecule has 4 nitrogen and oxygen atoms in total. The number of carbonyl (C=O) groups excluding carboxylic acids is 1. The summed E-state index contributed by atoms with van der Waals surface area (Å²) in [5, 5.41) is 0. The molecule has 4 heteroatoms. The molecule has 1 unspecified atom stereocenters. The molecule has 0 saturated carbocycles.